The molecular formula is C20H23ClF3NO8. The number of alkyl halides is 3. The Balaban J connectivity index is 1.97. The predicted molar refractivity (Wildman–Crippen MR) is 108 cm³/mol. The smallest absolute Gasteiger partial charge is 0.475 e. The minimum absolute atomic E-state index is 0.0506. The molecule has 0 fully saturated rings. The molecule has 1 aliphatic heterocycles. The average molecular weight is 498 g/mol. The van der Waals surface area contributed by atoms with E-state index in [4.69, 9.17) is 25.9 Å². The highest BCUT2D eigenvalue weighted by molar-refractivity contribution is 6.30. The number of carbonyl (C=O) groups excluding carboxylic acids is 2. The van der Waals surface area contributed by atoms with Crippen molar-refractivity contribution < 1.29 is 51.4 Å². The summed E-state index contributed by atoms with van der Waals surface area (Å²) in [5, 5.41) is 0.252. The number of esters is 1. The number of fused-ring (bicyclic) bond motifs is 1. The number of hydrogen-bond acceptors (Lipinski definition) is 9. The van der Waals surface area contributed by atoms with Crippen molar-refractivity contribution in [3.8, 4) is 5.75 Å². The van der Waals surface area contributed by atoms with E-state index in [0.29, 0.717) is 5.56 Å². The quantitative estimate of drug-likeness (QED) is 0.233. The van der Waals surface area contributed by atoms with Gasteiger partial charge in [-0.3, -0.25) is 9.68 Å². The summed E-state index contributed by atoms with van der Waals surface area (Å²) in [5.74, 6) is -1.43. The summed E-state index contributed by atoms with van der Waals surface area (Å²) >= 11 is 5.94. The molecule has 0 aliphatic carbocycles. The Labute approximate surface area is 192 Å². The average Bonchev–Trinajstić information content (AvgIpc) is 2.70. The van der Waals surface area contributed by atoms with Crippen molar-refractivity contribution in [2.45, 2.75) is 33.1 Å². The van der Waals surface area contributed by atoms with E-state index in [2.05, 4.69) is 20.0 Å². The maximum Gasteiger partial charge on any atom is 0.511 e. The molecule has 1 heterocycles. The number of ether oxygens (including phenoxy) is 4. The van der Waals surface area contributed by atoms with Crippen LogP contribution in [0.1, 0.15) is 25.0 Å². The fraction of sp³-hybridized carbons (Fsp3) is 0.500. The van der Waals surface area contributed by atoms with Gasteiger partial charge >= 0.3 is 18.3 Å². The van der Waals surface area contributed by atoms with Crippen LogP contribution in [-0.2, 0) is 28.7 Å². The van der Waals surface area contributed by atoms with Gasteiger partial charge in [0.25, 0.3) is 0 Å². The Morgan fingerprint density at radius 3 is 2.48 bits per heavy atom. The van der Waals surface area contributed by atoms with Gasteiger partial charge in [0.15, 0.2) is 0 Å². The molecular weight excluding hydrogens is 475 g/mol. The van der Waals surface area contributed by atoms with Gasteiger partial charge in [-0.05, 0) is 30.7 Å². The molecule has 13 heteroatoms. The van der Waals surface area contributed by atoms with Gasteiger partial charge in [0.05, 0.1) is 19.3 Å². The lowest BCUT2D eigenvalue weighted by atomic mass is 9.97. The topological polar surface area (TPSA) is 102 Å². The highest BCUT2D eigenvalue weighted by Crippen LogP contribution is 2.40. The molecule has 0 spiro atoms. The van der Waals surface area contributed by atoms with Crippen LogP contribution < -0.4 is 10.4 Å². The van der Waals surface area contributed by atoms with Crippen molar-refractivity contribution in [3.05, 3.63) is 33.9 Å². The summed E-state index contributed by atoms with van der Waals surface area (Å²) < 4.78 is 59.7. The number of rotatable bonds is 9. The summed E-state index contributed by atoms with van der Waals surface area (Å²) in [7, 11) is 1.35. The van der Waals surface area contributed by atoms with Crippen molar-refractivity contribution in [2.75, 3.05) is 27.1 Å². The van der Waals surface area contributed by atoms with E-state index in [-0.39, 0.29) is 29.5 Å². The van der Waals surface area contributed by atoms with E-state index in [1.165, 1.54) is 26.2 Å². The van der Waals surface area contributed by atoms with Crippen LogP contribution in [0.25, 0.3) is 6.08 Å². The summed E-state index contributed by atoms with van der Waals surface area (Å²) in [6, 6.07) is 2.79. The first-order valence-electron chi connectivity index (χ1n) is 9.45. The Kier molecular flexibility index (Phi) is 8.95. The Morgan fingerprint density at radius 1 is 1.15 bits per heavy atom. The zero-order valence-corrected chi connectivity index (χ0v) is 19.0. The standard InChI is InChI=1S/C20H23ClF3NO8/c1-11-5-13(21)6-12-7-14(16(20(22,23)24)33-15(11)12)17(26)30-10-31-18(27)29-8-19(2,3)9-32-25-28-4/h5-7,16,25H,8-10H2,1-4H3. The molecule has 1 atom stereocenters. The van der Waals surface area contributed by atoms with E-state index in [1.807, 2.05) is 0 Å². The highest BCUT2D eigenvalue weighted by Gasteiger charge is 2.49. The van der Waals surface area contributed by atoms with Gasteiger partial charge in [-0.2, -0.15) is 13.2 Å². The van der Waals surface area contributed by atoms with Gasteiger partial charge < -0.3 is 18.9 Å². The van der Waals surface area contributed by atoms with Crippen LogP contribution in [0.4, 0.5) is 18.0 Å². The fourth-order valence-electron chi connectivity index (χ4n) is 2.69. The second-order valence-electron chi connectivity index (χ2n) is 7.75. The summed E-state index contributed by atoms with van der Waals surface area (Å²) in [5.41, 5.74) is 1.26. The number of halogens is 4. The molecule has 1 aromatic carbocycles. The third kappa shape index (κ3) is 7.77. The maximum absolute atomic E-state index is 13.5. The second-order valence-corrected chi connectivity index (χ2v) is 8.19. The van der Waals surface area contributed by atoms with Crippen molar-refractivity contribution in [1.82, 2.24) is 5.64 Å². The fourth-order valence-corrected chi connectivity index (χ4v) is 2.97. The van der Waals surface area contributed by atoms with E-state index in [9.17, 15) is 22.8 Å². The van der Waals surface area contributed by atoms with Crippen molar-refractivity contribution in [3.63, 3.8) is 0 Å². The molecule has 0 amide bonds. The van der Waals surface area contributed by atoms with Gasteiger partial charge in [0.2, 0.25) is 12.9 Å². The molecule has 1 unspecified atom stereocenters. The predicted octanol–water partition coefficient (Wildman–Crippen LogP) is 4.12. The Bertz CT molecular complexity index is 904. The van der Waals surface area contributed by atoms with Crippen molar-refractivity contribution in [2.24, 2.45) is 5.41 Å². The van der Waals surface area contributed by atoms with Crippen LogP contribution >= 0.6 is 11.6 Å². The second kappa shape index (κ2) is 11.1. The van der Waals surface area contributed by atoms with Crippen LogP contribution in [0.15, 0.2) is 17.7 Å². The molecule has 1 aliphatic rings. The minimum Gasteiger partial charge on any atom is -0.475 e. The Hall–Kier alpha value is -2.54. The summed E-state index contributed by atoms with van der Waals surface area (Å²) in [4.78, 5) is 33.4. The first kappa shape index (κ1) is 26.7. The largest absolute Gasteiger partial charge is 0.511 e. The SMILES string of the molecule is CONOCC(C)(C)COC(=O)OCOC(=O)C1=Cc2cc(Cl)cc(C)c2OC1C(F)(F)F. The highest BCUT2D eigenvalue weighted by atomic mass is 35.5. The van der Waals surface area contributed by atoms with Crippen LogP contribution in [0.5, 0.6) is 5.75 Å². The lowest BCUT2D eigenvalue weighted by Gasteiger charge is -2.28. The normalized spacial score (nSPS) is 15.8. The first-order chi connectivity index (χ1) is 15.3. The molecule has 33 heavy (non-hydrogen) atoms. The number of hydrogen-bond donors (Lipinski definition) is 1. The molecule has 2 rings (SSSR count). The van der Waals surface area contributed by atoms with Crippen LogP contribution in [0.3, 0.4) is 0 Å². The van der Waals surface area contributed by atoms with Crippen LogP contribution in [-0.4, -0.2) is 51.5 Å². The summed E-state index contributed by atoms with van der Waals surface area (Å²) in [6.07, 6.45) is -7.68. The molecule has 0 aromatic heterocycles. The lowest BCUT2D eigenvalue weighted by molar-refractivity contribution is -0.189. The summed E-state index contributed by atoms with van der Waals surface area (Å²) in [6.45, 7) is 3.98. The molecule has 9 nitrogen and oxygen atoms in total. The molecule has 184 valence electrons. The van der Waals surface area contributed by atoms with Gasteiger partial charge in [-0.25, -0.2) is 9.59 Å². The van der Waals surface area contributed by atoms with Crippen molar-refractivity contribution in [1.29, 1.82) is 0 Å². The van der Waals surface area contributed by atoms with E-state index < -0.39 is 42.2 Å². The zero-order valence-electron chi connectivity index (χ0n) is 18.2. The zero-order chi connectivity index (χ0) is 24.8. The minimum atomic E-state index is -4.90. The molecule has 1 aromatic rings. The molecule has 0 saturated heterocycles. The number of nitrogens with one attached hydrogen (secondary N) is 1. The van der Waals surface area contributed by atoms with Crippen molar-refractivity contribution >= 4 is 29.8 Å². The molecule has 0 saturated carbocycles. The monoisotopic (exact) mass is 497 g/mol. The van der Waals surface area contributed by atoms with Crippen LogP contribution in [0, 0.1) is 12.3 Å². The molecule has 0 bridgehead atoms. The van der Waals surface area contributed by atoms with Gasteiger partial charge in [-0.1, -0.05) is 31.1 Å². The van der Waals surface area contributed by atoms with E-state index >= 15 is 0 Å². The maximum atomic E-state index is 13.5. The van der Waals surface area contributed by atoms with Crippen LogP contribution in [0.2, 0.25) is 5.02 Å². The number of carbonyl (C=O) groups is 2. The Morgan fingerprint density at radius 2 is 1.85 bits per heavy atom. The van der Waals surface area contributed by atoms with E-state index in [0.717, 1.165) is 6.08 Å². The van der Waals surface area contributed by atoms with Gasteiger partial charge in [0, 0.05) is 16.0 Å². The lowest BCUT2D eigenvalue weighted by Crippen LogP contribution is -2.41. The number of benzene rings is 1. The third-order valence-corrected chi connectivity index (χ3v) is 4.40. The third-order valence-electron chi connectivity index (χ3n) is 4.18. The first-order valence-corrected chi connectivity index (χ1v) is 9.83. The number of aryl methyl sites for hydroxylation is 1. The van der Waals surface area contributed by atoms with Gasteiger partial charge in [-0.15, -0.1) is 0 Å². The molecule has 1 N–H and O–H groups in total. The van der Waals surface area contributed by atoms with Gasteiger partial charge in [0.1, 0.15) is 12.4 Å². The van der Waals surface area contributed by atoms with E-state index in [1.54, 1.807) is 13.8 Å². The molecule has 0 radical (unpaired) electrons.